The Morgan fingerprint density at radius 3 is 3.06 bits per heavy atom. The van der Waals surface area contributed by atoms with E-state index in [1.54, 1.807) is 6.33 Å². The van der Waals surface area contributed by atoms with Gasteiger partial charge in [0.15, 0.2) is 0 Å². The molecule has 2 heterocycles. The fraction of sp³-hybridized carbons (Fsp3) is 0. The lowest BCUT2D eigenvalue weighted by atomic mass is 10.2. The fourth-order valence-corrected chi connectivity index (χ4v) is 2.10. The van der Waals surface area contributed by atoms with E-state index in [-0.39, 0.29) is 0 Å². The molecule has 0 unspecified atom stereocenters. The van der Waals surface area contributed by atoms with Gasteiger partial charge in [-0.25, -0.2) is 9.97 Å². The predicted molar refractivity (Wildman–Crippen MR) is 70.0 cm³/mol. The molecule has 2 aromatic heterocycles. The number of H-pyrrole nitrogens is 2. The summed E-state index contributed by atoms with van der Waals surface area (Å²) in [5.41, 5.74) is 4.85. The molecule has 18 heavy (non-hydrogen) atoms. The number of hydrogen-bond donors (Lipinski definition) is 2. The van der Waals surface area contributed by atoms with Crippen molar-refractivity contribution in [2.75, 3.05) is 0 Å². The molecule has 4 rings (SSSR count). The zero-order valence-electron chi connectivity index (χ0n) is 9.44. The van der Waals surface area contributed by atoms with Crippen LogP contribution in [0.4, 0.5) is 0 Å². The number of fused-ring (bicyclic) bond motifs is 2. The first-order chi connectivity index (χ1) is 8.90. The number of rotatable bonds is 1. The zero-order chi connectivity index (χ0) is 11.9. The summed E-state index contributed by atoms with van der Waals surface area (Å²) in [5, 5.41) is 0. The maximum atomic E-state index is 4.53. The van der Waals surface area contributed by atoms with Gasteiger partial charge in [0.25, 0.3) is 0 Å². The van der Waals surface area contributed by atoms with Gasteiger partial charge >= 0.3 is 0 Å². The molecule has 0 amide bonds. The minimum absolute atomic E-state index is 0.845. The van der Waals surface area contributed by atoms with Crippen LogP contribution in [0.3, 0.4) is 0 Å². The molecule has 0 aliphatic heterocycles. The molecule has 0 bridgehead atoms. The smallest absolute Gasteiger partial charge is 0.138 e. The quantitative estimate of drug-likeness (QED) is 0.531. The van der Waals surface area contributed by atoms with Crippen LogP contribution in [-0.2, 0) is 0 Å². The maximum Gasteiger partial charge on any atom is 0.138 e. The number of nitrogens with zero attached hydrogens (tertiary/aromatic N) is 2. The number of imidazole rings is 2. The summed E-state index contributed by atoms with van der Waals surface area (Å²) in [6, 6.07) is 15.0. The van der Waals surface area contributed by atoms with Crippen LogP contribution >= 0.6 is 0 Å². The average molecular weight is 233 g/mol. The Morgan fingerprint density at radius 1 is 1.11 bits per heavy atom. The van der Waals surface area contributed by atoms with E-state index in [0.717, 1.165) is 33.5 Å². The number of para-hydroxylation sites is 1. The Labute approximate surface area is 103 Å². The molecule has 4 heteroatoms. The van der Waals surface area contributed by atoms with E-state index >= 15 is 0 Å². The molecule has 2 aromatic carbocycles. The van der Waals surface area contributed by atoms with Crippen molar-refractivity contribution >= 4 is 22.1 Å². The predicted octanol–water partition coefficient (Wildman–Crippen LogP) is 2.91. The lowest BCUT2D eigenvalue weighted by Crippen LogP contribution is -1.80. The van der Waals surface area contributed by atoms with Crippen molar-refractivity contribution in [2.24, 2.45) is 0 Å². The minimum atomic E-state index is 0.845. The Hall–Kier alpha value is -2.62. The molecule has 0 atom stereocenters. The molecule has 0 aliphatic carbocycles. The van der Waals surface area contributed by atoms with E-state index in [1.165, 1.54) is 0 Å². The monoisotopic (exact) mass is 233 g/mol. The summed E-state index contributed by atoms with van der Waals surface area (Å²) in [5.74, 6) is 0.845. The second kappa shape index (κ2) is 3.43. The van der Waals surface area contributed by atoms with Gasteiger partial charge in [0.1, 0.15) is 5.82 Å². The first kappa shape index (κ1) is 9.41. The number of hydrogen-bond acceptors (Lipinski definition) is 2. The van der Waals surface area contributed by atoms with E-state index in [0.29, 0.717) is 0 Å². The number of aromatic nitrogens is 4. The molecule has 4 nitrogen and oxygen atoms in total. The van der Waals surface area contributed by atoms with Gasteiger partial charge in [-0.05, 0) is 24.3 Å². The van der Waals surface area contributed by atoms with E-state index in [9.17, 15) is 0 Å². The van der Waals surface area contributed by atoms with Crippen molar-refractivity contribution < 1.29 is 0 Å². The zero-order valence-corrected chi connectivity index (χ0v) is 9.44. The maximum absolute atomic E-state index is 4.53. The summed E-state index contributed by atoms with van der Waals surface area (Å²) in [6.45, 7) is 0. The van der Waals surface area contributed by atoms with Gasteiger partial charge in [-0.3, -0.25) is 0 Å². The third-order valence-electron chi connectivity index (χ3n) is 3.01. The lowest BCUT2D eigenvalue weighted by molar-refractivity contribution is 1.33. The minimum Gasteiger partial charge on any atom is -0.345 e. The van der Waals surface area contributed by atoms with Crippen molar-refractivity contribution in [3.63, 3.8) is 0 Å². The van der Waals surface area contributed by atoms with E-state index in [1.807, 2.05) is 36.4 Å². The van der Waals surface area contributed by atoms with Crippen molar-refractivity contribution in [1.82, 2.24) is 19.9 Å². The van der Waals surface area contributed by atoms with E-state index < -0.39 is 0 Å². The third kappa shape index (κ3) is 1.32. The van der Waals surface area contributed by atoms with Gasteiger partial charge in [0, 0.05) is 11.6 Å². The van der Waals surface area contributed by atoms with Crippen LogP contribution in [0.1, 0.15) is 0 Å². The molecular weight excluding hydrogens is 224 g/mol. The Balaban J connectivity index is 1.94. The van der Waals surface area contributed by atoms with Crippen molar-refractivity contribution in [2.45, 2.75) is 0 Å². The summed E-state index contributed by atoms with van der Waals surface area (Å²) in [6.07, 6.45) is 1.70. The van der Waals surface area contributed by atoms with Crippen LogP contribution in [0.25, 0.3) is 33.5 Å². The van der Waals surface area contributed by atoms with Crippen molar-refractivity contribution in [3.8, 4) is 11.4 Å². The standard InChI is InChI=1S/C14H9N4/c1-2-4-12-11(3-1)17-14(18-12)9-5-6-10-13(7-9)16-8-15-10/h1-3,5-8H,(H,15,16)(H,17,18). The summed E-state index contributed by atoms with van der Waals surface area (Å²) < 4.78 is 0. The van der Waals surface area contributed by atoms with Gasteiger partial charge in [0.2, 0.25) is 0 Å². The molecule has 0 spiro atoms. The van der Waals surface area contributed by atoms with Crippen LogP contribution in [0, 0.1) is 6.07 Å². The Morgan fingerprint density at radius 2 is 2.11 bits per heavy atom. The van der Waals surface area contributed by atoms with Gasteiger partial charge in [-0.1, -0.05) is 12.1 Å². The van der Waals surface area contributed by atoms with Gasteiger partial charge in [0.05, 0.1) is 28.4 Å². The van der Waals surface area contributed by atoms with Crippen molar-refractivity contribution in [1.29, 1.82) is 0 Å². The topological polar surface area (TPSA) is 57.4 Å². The van der Waals surface area contributed by atoms with Crippen LogP contribution in [0.2, 0.25) is 0 Å². The molecule has 4 aromatic rings. The van der Waals surface area contributed by atoms with E-state index in [2.05, 4.69) is 26.0 Å². The highest BCUT2D eigenvalue weighted by Crippen LogP contribution is 2.22. The van der Waals surface area contributed by atoms with Crippen LogP contribution in [0.15, 0.2) is 42.7 Å². The van der Waals surface area contributed by atoms with Crippen molar-refractivity contribution in [3.05, 3.63) is 48.8 Å². The van der Waals surface area contributed by atoms with Gasteiger partial charge in [-0.2, -0.15) is 0 Å². The molecule has 0 fully saturated rings. The average Bonchev–Trinajstić information content (AvgIpc) is 3.04. The number of benzene rings is 2. The molecule has 2 N–H and O–H groups in total. The molecule has 0 aliphatic rings. The number of aromatic amines is 2. The summed E-state index contributed by atoms with van der Waals surface area (Å²) in [7, 11) is 0. The highest BCUT2D eigenvalue weighted by molar-refractivity contribution is 5.83. The third-order valence-corrected chi connectivity index (χ3v) is 3.01. The van der Waals surface area contributed by atoms with Crippen LogP contribution in [0.5, 0.6) is 0 Å². The molecular formula is C14H9N4. The molecule has 0 saturated carbocycles. The lowest BCUT2D eigenvalue weighted by Gasteiger charge is -1.95. The second-order valence-electron chi connectivity index (χ2n) is 4.15. The largest absolute Gasteiger partial charge is 0.345 e. The highest BCUT2D eigenvalue weighted by atomic mass is 14.9. The Kier molecular flexibility index (Phi) is 1.80. The highest BCUT2D eigenvalue weighted by Gasteiger charge is 2.06. The first-order valence-electron chi connectivity index (χ1n) is 5.70. The van der Waals surface area contributed by atoms with Gasteiger partial charge in [-0.15, -0.1) is 0 Å². The fourth-order valence-electron chi connectivity index (χ4n) is 2.10. The molecule has 0 saturated heterocycles. The van der Waals surface area contributed by atoms with Crippen LogP contribution < -0.4 is 0 Å². The summed E-state index contributed by atoms with van der Waals surface area (Å²) in [4.78, 5) is 15.1. The molecule has 85 valence electrons. The normalized spacial score (nSPS) is 11.3. The van der Waals surface area contributed by atoms with Crippen LogP contribution in [-0.4, -0.2) is 19.9 Å². The summed E-state index contributed by atoms with van der Waals surface area (Å²) >= 11 is 0. The SMILES string of the molecule is [c]1cccc2[nH]c(-c3ccc4[nH]cnc4c3)nc12. The number of nitrogens with one attached hydrogen (secondary N) is 2. The van der Waals surface area contributed by atoms with Gasteiger partial charge < -0.3 is 9.97 Å². The Bertz CT molecular complexity index is 808. The van der Waals surface area contributed by atoms with E-state index in [4.69, 9.17) is 0 Å². The first-order valence-corrected chi connectivity index (χ1v) is 5.70. The second-order valence-corrected chi connectivity index (χ2v) is 4.15. The molecule has 1 radical (unpaired) electrons.